The molecule has 0 aliphatic rings. The van der Waals surface area contributed by atoms with Gasteiger partial charge in [0.05, 0.1) is 24.2 Å². The number of carbonyl (C=O) groups excluding carboxylic acids is 1. The monoisotopic (exact) mass is 388 g/mol. The lowest BCUT2D eigenvalue weighted by atomic mass is 10.2. The number of amides is 1. The number of nitrogens with zero attached hydrogens (tertiary/aromatic N) is 2. The molecule has 9 heteroatoms. The topological polar surface area (TPSA) is 101 Å². The first kappa shape index (κ1) is 18.0. The molecule has 2 heterocycles. The second-order valence-corrected chi connectivity index (χ2v) is 8.10. The van der Waals surface area contributed by atoms with Crippen molar-refractivity contribution in [2.75, 3.05) is 11.0 Å². The average Bonchev–Trinajstić information content (AvgIpc) is 3.09. The van der Waals surface area contributed by atoms with Gasteiger partial charge in [0.15, 0.2) is 0 Å². The zero-order valence-corrected chi connectivity index (χ0v) is 15.5. The first-order valence-electron chi connectivity index (χ1n) is 7.62. The molecule has 0 spiro atoms. The number of carbonyl (C=O) groups is 1. The fraction of sp³-hybridized carbons (Fsp3) is 0.118. The summed E-state index contributed by atoms with van der Waals surface area (Å²) in [5.74, 6) is -0.261. The summed E-state index contributed by atoms with van der Waals surface area (Å²) < 4.78 is 24.7. The van der Waals surface area contributed by atoms with Crippen LogP contribution in [0.1, 0.15) is 16.1 Å². The van der Waals surface area contributed by atoms with Gasteiger partial charge in [-0.05, 0) is 36.4 Å². The number of hydrogen-bond donors (Lipinski definition) is 2. The number of benzene rings is 1. The van der Waals surface area contributed by atoms with E-state index in [9.17, 15) is 13.2 Å². The maximum atomic E-state index is 12.2. The van der Waals surface area contributed by atoms with Crippen LogP contribution >= 0.6 is 11.3 Å². The largest absolute Gasteiger partial charge is 0.346 e. The number of anilines is 1. The number of thiazole rings is 1. The highest BCUT2D eigenvalue weighted by atomic mass is 32.2. The first-order valence-corrected chi connectivity index (χ1v) is 10.4. The molecular weight excluding hydrogens is 372 g/mol. The summed E-state index contributed by atoms with van der Waals surface area (Å²) in [6.07, 6.45) is 2.78. The van der Waals surface area contributed by atoms with Gasteiger partial charge in [-0.1, -0.05) is 6.07 Å². The summed E-state index contributed by atoms with van der Waals surface area (Å²) in [6.45, 7) is 0.297. The van der Waals surface area contributed by atoms with Crippen molar-refractivity contribution in [3.05, 3.63) is 65.3 Å². The van der Waals surface area contributed by atoms with Gasteiger partial charge in [-0.25, -0.2) is 13.4 Å². The van der Waals surface area contributed by atoms with Gasteiger partial charge in [-0.15, -0.1) is 11.3 Å². The van der Waals surface area contributed by atoms with E-state index in [1.807, 2.05) is 23.6 Å². The Morgan fingerprint density at radius 1 is 1.15 bits per heavy atom. The van der Waals surface area contributed by atoms with Crippen LogP contribution in [0.25, 0.3) is 10.7 Å². The molecule has 0 aliphatic heterocycles. The quantitative estimate of drug-likeness (QED) is 0.676. The molecule has 1 aromatic carbocycles. The molecule has 0 radical (unpaired) electrons. The van der Waals surface area contributed by atoms with Crippen molar-refractivity contribution in [3.8, 4) is 10.7 Å². The minimum Gasteiger partial charge on any atom is -0.346 e. The summed E-state index contributed by atoms with van der Waals surface area (Å²) >= 11 is 1.47. The Labute approximate surface area is 155 Å². The van der Waals surface area contributed by atoms with Crippen molar-refractivity contribution in [2.45, 2.75) is 6.54 Å². The fourth-order valence-electron chi connectivity index (χ4n) is 2.17. The highest BCUT2D eigenvalue weighted by Gasteiger charge is 2.09. The van der Waals surface area contributed by atoms with Gasteiger partial charge in [0, 0.05) is 22.8 Å². The SMILES string of the molecule is CS(=O)(=O)Nc1ccc(C(=O)NCc2csc(-c3ccccn3)n2)cc1. The molecule has 0 saturated carbocycles. The first-order chi connectivity index (χ1) is 12.4. The van der Waals surface area contributed by atoms with Crippen LogP contribution in [-0.4, -0.2) is 30.5 Å². The molecule has 0 aliphatic carbocycles. The number of nitrogens with one attached hydrogen (secondary N) is 2. The molecule has 0 unspecified atom stereocenters. The second-order valence-electron chi connectivity index (χ2n) is 5.49. The van der Waals surface area contributed by atoms with E-state index in [2.05, 4.69) is 20.0 Å². The van der Waals surface area contributed by atoms with Crippen LogP contribution in [-0.2, 0) is 16.6 Å². The molecule has 3 aromatic rings. The molecule has 0 atom stereocenters. The van der Waals surface area contributed by atoms with Gasteiger partial charge < -0.3 is 5.32 Å². The third kappa shape index (κ3) is 4.87. The van der Waals surface area contributed by atoms with Gasteiger partial charge >= 0.3 is 0 Å². The lowest BCUT2D eigenvalue weighted by molar-refractivity contribution is 0.0950. The molecule has 2 N–H and O–H groups in total. The summed E-state index contributed by atoms with van der Waals surface area (Å²) in [4.78, 5) is 20.9. The van der Waals surface area contributed by atoms with Crippen molar-refractivity contribution in [3.63, 3.8) is 0 Å². The third-order valence-corrected chi connectivity index (χ3v) is 4.84. The third-order valence-electron chi connectivity index (χ3n) is 3.32. The Morgan fingerprint density at radius 2 is 1.92 bits per heavy atom. The zero-order valence-electron chi connectivity index (χ0n) is 13.8. The molecule has 134 valence electrons. The van der Waals surface area contributed by atoms with Crippen LogP contribution in [0.2, 0.25) is 0 Å². The lowest BCUT2D eigenvalue weighted by Crippen LogP contribution is -2.23. The van der Waals surface area contributed by atoms with Crippen LogP contribution < -0.4 is 10.0 Å². The van der Waals surface area contributed by atoms with Gasteiger partial charge in [-0.2, -0.15) is 0 Å². The van der Waals surface area contributed by atoms with E-state index in [0.29, 0.717) is 17.8 Å². The van der Waals surface area contributed by atoms with Crippen molar-refractivity contribution in [1.82, 2.24) is 15.3 Å². The summed E-state index contributed by atoms with van der Waals surface area (Å²) in [5.41, 5.74) is 2.39. The highest BCUT2D eigenvalue weighted by Crippen LogP contribution is 2.21. The van der Waals surface area contributed by atoms with Crippen LogP contribution in [0.15, 0.2) is 54.0 Å². The summed E-state index contributed by atoms with van der Waals surface area (Å²) in [7, 11) is -3.34. The van der Waals surface area contributed by atoms with Gasteiger partial charge in [0.25, 0.3) is 5.91 Å². The molecule has 1 amide bonds. The molecule has 26 heavy (non-hydrogen) atoms. The number of aromatic nitrogens is 2. The molecule has 2 aromatic heterocycles. The normalized spacial score (nSPS) is 11.1. The van der Waals surface area contributed by atoms with Crippen LogP contribution in [0, 0.1) is 0 Å². The Balaban J connectivity index is 1.60. The number of pyridine rings is 1. The highest BCUT2D eigenvalue weighted by molar-refractivity contribution is 7.92. The summed E-state index contributed by atoms with van der Waals surface area (Å²) in [5, 5.41) is 5.47. The smallest absolute Gasteiger partial charge is 0.251 e. The Bertz CT molecular complexity index is 1000. The van der Waals surface area contributed by atoms with Gasteiger partial charge in [0.2, 0.25) is 10.0 Å². The van der Waals surface area contributed by atoms with Crippen molar-refractivity contribution in [1.29, 1.82) is 0 Å². The molecule has 3 rings (SSSR count). The van der Waals surface area contributed by atoms with Crippen molar-refractivity contribution in [2.24, 2.45) is 0 Å². The number of hydrogen-bond acceptors (Lipinski definition) is 6. The minimum absolute atomic E-state index is 0.261. The predicted octanol–water partition coefficient (Wildman–Crippen LogP) is 2.51. The molecule has 0 saturated heterocycles. The zero-order chi connectivity index (χ0) is 18.6. The maximum absolute atomic E-state index is 12.2. The van der Waals surface area contributed by atoms with Crippen molar-refractivity contribution < 1.29 is 13.2 Å². The maximum Gasteiger partial charge on any atom is 0.251 e. The van der Waals surface area contributed by atoms with E-state index in [4.69, 9.17) is 0 Å². The molecule has 0 bridgehead atoms. The van der Waals surface area contributed by atoms with E-state index in [1.165, 1.54) is 23.5 Å². The van der Waals surface area contributed by atoms with Crippen molar-refractivity contribution >= 4 is 33.0 Å². The van der Waals surface area contributed by atoms with E-state index >= 15 is 0 Å². The van der Waals surface area contributed by atoms with E-state index in [1.54, 1.807) is 18.3 Å². The van der Waals surface area contributed by atoms with E-state index in [-0.39, 0.29) is 5.91 Å². The minimum atomic E-state index is -3.34. The lowest BCUT2D eigenvalue weighted by Gasteiger charge is -2.06. The molecule has 7 nitrogen and oxygen atoms in total. The van der Waals surface area contributed by atoms with Gasteiger partial charge in [0.1, 0.15) is 5.01 Å². The Hall–Kier alpha value is -2.78. The fourth-order valence-corrected chi connectivity index (χ4v) is 3.53. The van der Waals surface area contributed by atoms with E-state index in [0.717, 1.165) is 22.7 Å². The molecular formula is C17H16N4O3S2. The number of sulfonamides is 1. The number of rotatable bonds is 6. The second kappa shape index (κ2) is 7.63. The van der Waals surface area contributed by atoms with Gasteiger partial charge in [-0.3, -0.25) is 14.5 Å². The van der Waals surface area contributed by atoms with E-state index < -0.39 is 10.0 Å². The average molecular weight is 388 g/mol. The Kier molecular flexibility index (Phi) is 5.29. The molecule has 0 fully saturated rings. The van der Waals surface area contributed by atoms with Crippen LogP contribution in [0.3, 0.4) is 0 Å². The van der Waals surface area contributed by atoms with Crippen LogP contribution in [0.4, 0.5) is 5.69 Å². The predicted molar refractivity (Wildman–Crippen MR) is 101 cm³/mol. The standard InChI is InChI=1S/C17H16N4O3S2/c1-26(23,24)21-13-7-5-12(6-8-13)16(22)19-10-14-11-25-17(20-14)15-4-2-3-9-18-15/h2-9,11,21H,10H2,1H3,(H,19,22). The van der Waals surface area contributed by atoms with Crippen LogP contribution in [0.5, 0.6) is 0 Å². The Morgan fingerprint density at radius 3 is 2.58 bits per heavy atom. The summed E-state index contributed by atoms with van der Waals surface area (Å²) in [6, 6.07) is 11.8.